The van der Waals surface area contributed by atoms with Crippen LogP contribution in [0.2, 0.25) is 0 Å². The molecule has 0 saturated heterocycles. The number of hydrogen-bond acceptors (Lipinski definition) is 3. The van der Waals surface area contributed by atoms with Crippen LogP contribution in [0.5, 0.6) is 23.0 Å². The smallest absolute Gasteiger partial charge is 0.161 e. The molecular weight excluding hydrogens is 300 g/mol. The zero-order valence-electron chi connectivity index (χ0n) is 13.7. The lowest BCUT2D eigenvalue weighted by Crippen LogP contribution is -2.11. The minimum absolute atomic E-state index is 0.103. The maximum atomic E-state index is 6.07. The van der Waals surface area contributed by atoms with Crippen LogP contribution in [-0.2, 0) is 0 Å². The summed E-state index contributed by atoms with van der Waals surface area (Å²) in [5, 5.41) is 0. The number of fused-ring (bicyclic) bond motifs is 2. The van der Waals surface area contributed by atoms with Crippen molar-refractivity contribution in [2.75, 3.05) is 14.2 Å². The molecule has 120 valence electrons. The molecule has 3 aromatic rings. The van der Waals surface area contributed by atoms with Crippen molar-refractivity contribution in [2.45, 2.75) is 5.92 Å². The van der Waals surface area contributed by atoms with E-state index in [2.05, 4.69) is 18.2 Å². The van der Waals surface area contributed by atoms with Crippen molar-refractivity contribution in [1.82, 2.24) is 0 Å². The molecule has 0 saturated carbocycles. The SMILES string of the molecule is COc1ccc(C2c3ccccc3Oc3ccccc32)cc1OC. The number of rotatable bonds is 3. The van der Waals surface area contributed by atoms with Crippen molar-refractivity contribution in [1.29, 1.82) is 0 Å². The summed E-state index contributed by atoms with van der Waals surface area (Å²) in [6.07, 6.45) is 0. The van der Waals surface area contributed by atoms with Gasteiger partial charge in [0.05, 0.1) is 14.2 Å². The van der Waals surface area contributed by atoms with E-state index in [1.807, 2.05) is 48.5 Å². The summed E-state index contributed by atoms with van der Waals surface area (Å²) in [6.45, 7) is 0. The highest BCUT2D eigenvalue weighted by atomic mass is 16.5. The molecule has 4 rings (SSSR count). The van der Waals surface area contributed by atoms with Gasteiger partial charge in [0.1, 0.15) is 11.5 Å². The van der Waals surface area contributed by atoms with E-state index < -0.39 is 0 Å². The summed E-state index contributed by atoms with van der Waals surface area (Å²) in [7, 11) is 3.31. The van der Waals surface area contributed by atoms with E-state index >= 15 is 0 Å². The maximum absolute atomic E-state index is 6.07. The Morgan fingerprint density at radius 1 is 0.708 bits per heavy atom. The number of benzene rings is 3. The minimum atomic E-state index is 0.103. The van der Waals surface area contributed by atoms with E-state index in [4.69, 9.17) is 14.2 Å². The van der Waals surface area contributed by atoms with Crippen LogP contribution in [0.1, 0.15) is 22.6 Å². The molecule has 1 aliphatic rings. The van der Waals surface area contributed by atoms with Crippen molar-refractivity contribution in [3.8, 4) is 23.0 Å². The first-order valence-corrected chi connectivity index (χ1v) is 7.89. The van der Waals surface area contributed by atoms with Gasteiger partial charge < -0.3 is 14.2 Å². The summed E-state index contributed by atoms with van der Waals surface area (Å²) in [4.78, 5) is 0. The average Bonchev–Trinajstić information content (AvgIpc) is 2.65. The minimum Gasteiger partial charge on any atom is -0.493 e. The van der Waals surface area contributed by atoms with Crippen LogP contribution < -0.4 is 14.2 Å². The maximum Gasteiger partial charge on any atom is 0.161 e. The van der Waals surface area contributed by atoms with Gasteiger partial charge in [-0.1, -0.05) is 42.5 Å². The Balaban J connectivity index is 1.92. The Hall–Kier alpha value is -2.94. The van der Waals surface area contributed by atoms with Crippen molar-refractivity contribution in [3.63, 3.8) is 0 Å². The molecule has 0 aromatic heterocycles. The van der Waals surface area contributed by atoms with Gasteiger partial charge in [-0.3, -0.25) is 0 Å². The summed E-state index contributed by atoms with van der Waals surface area (Å²) < 4.78 is 16.9. The predicted molar refractivity (Wildman–Crippen MR) is 93.4 cm³/mol. The van der Waals surface area contributed by atoms with Crippen LogP contribution in [0, 0.1) is 0 Å². The molecule has 0 fully saturated rings. The number of ether oxygens (including phenoxy) is 3. The lowest BCUT2D eigenvalue weighted by atomic mass is 9.82. The highest BCUT2D eigenvalue weighted by Gasteiger charge is 2.28. The van der Waals surface area contributed by atoms with E-state index in [-0.39, 0.29) is 5.92 Å². The first kappa shape index (κ1) is 14.6. The third kappa shape index (κ3) is 2.29. The van der Waals surface area contributed by atoms with Gasteiger partial charge in [-0.25, -0.2) is 0 Å². The summed E-state index contributed by atoms with van der Waals surface area (Å²) in [6, 6.07) is 22.4. The fourth-order valence-corrected chi connectivity index (χ4v) is 3.30. The Bertz CT molecular complexity index is 840. The van der Waals surface area contributed by atoms with Gasteiger partial charge in [0.25, 0.3) is 0 Å². The van der Waals surface area contributed by atoms with Gasteiger partial charge in [-0.2, -0.15) is 0 Å². The summed E-state index contributed by atoms with van der Waals surface area (Å²) >= 11 is 0. The highest BCUT2D eigenvalue weighted by molar-refractivity contribution is 5.59. The molecule has 1 heterocycles. The van der Waals surface area contributed by atoms with Crippen molar-refractivity contribution < 1.29 is 14.2 Å². The van der Waals surface area contributed by atoms with Crippen LogP contribution in [0.25, 0.3) is 0 Å². The first-order valence-electron chi connectivity index (χ1n) is 7.89. The Labute approximate surface area is 141 Å². The molecule has 0 N–H and O–H groups in total. The molecule has 0 spiro atoms. The van der Waals surface area contributed by atoms with Gasteiger partial charge in [-0.15, -0.1) is 0 Å². The molecule has 24 heavy (non-hydrogen) atoms. The molecule has 3 aromatic carbocycles. The van der Waals surface area contributed by atoms with Gasteiger partial charge in [0.2, 0.25) is 0 Å². The number of para-hydroxylation sites is 2. The van der Waals surface area contributed by atoms with Crippen LogP contribution >= 0.6 is 0 Å². The third-order valence-electron chi connectivity index (χ3n) is 4.42. The number of hydrogen-bond donors (Lipinski definition) is 0. The second-order valence-corrected chi connectivity index (χ2v) is 5.73. The Morgan fingerprint density at radius 3 is 1.88 bits per heavy atom. The van der Waals surface area contributed by atoms with Gasteiger partial charge in [-0.05, 0) is 29.8 Å². The molecule has 0 radical (unpaired) electrons. The molecule has 3 heteroatoms. The standard InChI is InChI=1S/C21H18O3/c1-22-19-12-11-14(13-20(19)23-2)21-15-7-3-5-9-17(15)24-18-10-6-4-8-16(18)21/h3-13,21H,1-2H3. The predicted octanol–water partition coefficient (Wildman–Crippen LogP) is 4.99. The van der Waals surface area contributed by atoms with Crippen molar-refractivity contribution in [2.24, 2.45) is 0 Å². The van der Waals surface area contributed by atoms with Crippen LogP contribution in [0.15, 0.2) is 66.7 Å². The fourth-order valence-electron chi connectivity index (χ4n) is 3.30. The first-order chi connectivity index (χ1) is 11.8. The zero-order chi connectivity index (χ0) is 16.5. The van der Waals surface area contributed by atoms with Gasteiger partial charge >= 0.3 is 0 Å². The Morgan fingerprint density at radius 2 is 1.29 bits per heavy atom. The second-order valence-electron chi connectivity index (χ2n) is 5.73. The normalized spacial score (nSPS) is 12.8. The average molecular weight is 318 g/mol. The lowest BCUT2D eigenvalue weighted by molar-refractivity contribution is 0.354. The topological polar surface area (TPSA) is 27.7 Å². The Kier molecular flexibility index (Phi) is 3.62. The molecule has 0 aliphatic carbocycles. The van der Waals surface area contributed by atoms with E-state index in [1.165, 1.54) is 0 Å². The van der Waals surface area contributed by atoms with Gasteiger partial charge in [0, 0.05) is 17.0 Å². The van der Waals surface area contributed by atoms with Crippen molar-refractivity contribution >= 4 is 0 Å². The molecule has 0 bridgehead atoms. The lowest BCUT2D eigenvalue weighted by Gasteiger charge is -2.29. The van der Waals surface area contributed by atoms with Crippen molar-refractivity contribution in [3.05, 3.63) is 83.4 Å². The molecule has 0 unspecified atom stereocenters. The molecule has 0 amide bonds. The van der Waals surface area contributed by atoms with E-state index in [0.29, 0.717) is 0 Å². The monoisotopic (exact) mass is 318 g/mol. The van der Waals surface area contributed by atoms with Crippen LogP contribution in [0.3, 0.4) is 0 Å². The summed E-state index contributed by atoms with van der Waals surface area (Å²) in [5.41, 5.74) is 3.46. The van der Waals surface area contributed by atoms with Gasteiger partial charge in [0.15, 0.2) is 11.5 Å². The zero-order valence-corrected chi connectivity index (χ0v) is 13.7. The van der Waals surface area contributed by atoms with E-state index in [0.717, 1.165) is 39.7 Å². The third-order valence-corrected chi connectivity index (χ3v) is 4.42. The molecule has 1 aliphatic heterocycles. The molecular formula is C21H18O3. The van der Waals surface area contributed by atoms with E-state index in [1.54, 1.807) is 14.2 Å². The van der Waals surface area contributed by atoms with E-state index in [9.17, 15) is 0 Å². The molecule has 0 atom stereocenters. The second kappa shape index (κ2) is 5.93. The fraction of sp³-hybridized carbons (Fsp3) is 0.143. The van der Waals surface area contributed by atoms with Crippen LogP contribution in [0.4, 0.5) is 0 Å². The highest BCUT2D eigenvalue weighted by Crippen LogP contribution is 2.48. The van der Waals surface area contributed by atoms with Crippen LogP contribution in [-0.4, -0.2) is 14.2 Å². The summed E-state index contributed by atoms with van der Waals surface area (Å²) in [5.74, 6) is 3.37. The molecule has 3 nitrogen and oxygen atoms in total. The number of methoxy groups -OCH3 is 2. The quantitative estimate of drug-likeness (QED) is 0.532. The largest absolute Gasteiger partial charge is 0.493 e.